The van der Waals surface area contributed by atoms with E-state index in [-0.39, 0.29) is 28.7 Å². The number of hydrogen-bond acceptors (Lipinski definition) is 5. The molecule has 3 rings (SSSR count). The molecule has 2 heterocycles. The van der Waals surface area contributed by atoms with E-state index in [4.69, 9.17) is 4.74 Å². The minimum atomic E-state index is -3.03. The van der Waals surface area contributed by atoms with Crippen LogP contribution in [0.5, 0.6) is 5.75 Å². The molecule has 2 aliphatic heterocycles. The number of hydrogen-bond donors (Lipinski definition) is 0. The van der Waals surface area contributed by atoms with Crippen LogP contribution in [-0.4, -0.2) is 60.8 Å². The average molecular weight is 411 g/mol. The van der Waals surface area contributed by atoms with E-state index in [0.29, 0.717) is 11.7 Å². The molecule has 0 aromatic heterocycles. The molecule has 2 atom stereocenters. The number of amidine groups is 1. The van der Waals surface area contributed by atoms with Crippen molar-refractivity contribution in [3.63, 3.8) is 0 Å². The van der Waals surface area contributed by atoms with Crippen LogP contribution in [0.3, 0.4) is 0 Å². The van der Waals surface area contributed by atoms with Crippen molar-refractivity contribution in [1.82, 2.24) is 4.90 Å². The third kappa shape index (κ3) is 4.66. The minimum Gasteiger partial charge on any atom is -0.497 e. The zero-order chi connectivity index (χ0) is 19.8. The van der Waals surface area contributed by atoms with Gasteiger partial charge in [-0.1, -0.05) is 44.7 Å². The Hall–Kier alpha value is -1.54. The molecular formula is C19H26N2O4S2. The summed E-state index contributed by atoms with van der Waals surface area (Å²) >= 11 is 1.43. The first kappa shape index (κ1) is 20.2. The average Bonchev–Trinajstić information content (AvgIpc) is 3.04. The second kappa shape index (κ2) is 7.47. The van der Waals surface area contributed by atoms with Crippen molar-refractivity contribution in [2.45, 2.75) is 38.5 Å². The van der Waals surface area contributed by atoms with Crippen molar-refractivity contribution >= 4 is 32.7 Å². The van der Waals surface area contributed by atoms with E-state index in [9.17, 15) is 13.2 Å². The lowest BCUT2D eigenvalue weighted by Crippen LogP contribution is -2.39. The van der Waals surface area contributed by atoms with Crippen LogP contribution in [0.25, 0.3) is 0 Å². The summed E-state index contributed by atoms with van der Waals surface area (Å²) < 4.78 is 29.3. The number of ether oxygens (including phenoxy) is 1. The number of rotatable bonds is 4. The topological polar surface area (TPSA) is 76.0 Å². The summed E-state index contributed by atoms with van der Waals surface area (Å²) in [5.41, 5.74) is 0.575. The molecule has 0 spiro atoms. The molecule has 2 aliphatic rings. The highest BCUT2D eigenvalue weighted by Crippen LogP contribution is 2.38. The number of carbonyl (C=O) groups excluding carboxylic acids is 1. The molecular weight excluding hydrogens is 384 g/mol. The first-order chi connectivity index (χ1) is 12.6. The van der Waals surface area contributed by atoms with Crippen LogP contribution < -0.4 is 4.74 Å². The molecule has 1 amide bonds. The third-order valence-electron chi connectivity index (χ3n) is 4.81. The number of nitrogens with zero attached hydrogens (tertiary/aromatic N) is 2. The van der Waals surface area contributed by atoms with E-state index >= 15 is 0 Å². The van der Waals surface area contributed by atoms with Crippen LogP contribution in [0.4, 0.5) is 0 Å². The summed E-state index contributed by atoms with van der Waals surface area (Å²) in [4.78, 5) is 18.8. The Morgan fingerprint density at radius 1 is 1.26 bits per heavy atom. The van der Waals surface area contributed by atoms with Gasteiger partial charge in [-0.2, -0.15) is 4.99 Å². The van der Waals surface area contributed by atoms with Crippen molar-refractivity contribution in [2.75, 3.05) is 25.2 Å². The van der Waals surface area contributed by atoms with Crippen LogP contribution in [0.1, 0.15) is 26.3 Å². The van der Waals surface area contributed by atoms with Crippen molar-refractivity contribution in [3.05, 3.63) is 29.8 Å². The standard InChI is InChI=1S/C19H26N2O4S2/c1-19(2,3)17(22)20-18-21(15-11-27(23,24)12-16(15)26-18)10-9-13-5-7-14(25-4)8-6-13/h5-8,15-16H,9-12H2,1-4H3/t15-,16-/m1/s1. The van der Waals surface area contributed by atoms with Gasteiger partial charge in [-0.25, -0.2) is 8.42 Å². The molecule has 0 saturated carbocycles. The van der Waals surface area contributed by atoms with Gasteiger partial charge >= 0.3 is 0 Å². The summed E-state index contributed by atoms with van der Waals surface area (Å²) in [6, 6.07) is 7.72. The predicted molar refractivity (Wildman–Crippen MR) is 109 cm³/mol. The molecule has 148 valence electrons. The van der Waals surface area contributed by atoms with Gasteiger partial charge in [0.05, 0.1) is 24.7 Å². The molecule has 0 bridgehead atoms. The molecule has 2 fully saturated rings. The number of carbonyl (C=O) groups is 1. The van der Waals surface area contributed by atoms with E-state index in [0.717, 1.165) is 17.7 Å². The maximum atomic E-state index is 12.4. The van der Waals surface area contributed by atoms with Gasteiger partial charge in [-0.05, 0) is 24.1 Å². The van der Waals surface area contributed by atoms with Gasteiger partial charge in [-0.3, -0.25) is 4.79 Å². The second-order valence-electron chi connectivity index (χ2n) is 8.04. The fourth-order valence-electron chi connectivity index (χ4n) is 3.19. The van der Waals surface area contributed by atoms with Crippen LogP contribution >= 0.6 is 11.8 Å². The van der Waals surface area contributed by atoms with Crippen molar-refractivity contribution in [1.29, 1.82) is 0 Å². The highest BCUT2D eigenvalue weighted by Gasteiger charge is 2.48. The summed E-state index contributed by atoms with van der Waals surface area (Å²) in [7, 11) is -1.40. The lowest BCUT2D eigenvalue weighted by molar-refractivity contribution is -0.124. The molecule has 1 aromatic carbocycles. The van der Waals surface area contributed by atoms with Crippen LogP contribution in [0, 0.1) is 5.41 Å². The molecule has 1 aromatic rings. The molecule has 6 nitrogen and oxygen atoms in total. The van der Waals surface area contributed by atoms with Gasteiger partial charge < -0.3 is 9.64 Å². The first-order valence-electron chi connectivity index (χ1n) is 8.99. The summed E-state index contributed by atoms with van der Waals surface area (Å²) in [5, 5.41) is 0.616. The van der Waals surface area contributed by atoms with E-state index in [1.54, 1.807) is 7.11 Å². The smallest absolute Gasteiger partial charge is 0.253 e. The number of fused-ring (bicyclic) bond motifs is 1. The van der Waals surface area contributed by atoms with Gasteiger partial charge in [0.2, 0.25) is 0 Å². The molecule has 0 aliphatic carbocycles. The SMILES string of the molecule is COc1ccc(CCN2C(=NC(=O)C(C)(C)C)S[C@@H]3CS(=O)(=O)C[C@H]32)cc1. The Morgan fingerprint density at radius 2 is 1.93 bits per heavy atom. The Morgan fingerprint density at radius 3 is 2.52 bits per heavy atom. The molecule has 0 unspecified atom stereocenters. The van der Waals surface area contributed by atoms with Crippen molar-refractivity contribution in [2.24, 2.45) is 10.4 Å². The Labute approximate surface area is 165 Å². The lowest BCUT2D eigenvalue weighted by atomic mass is 9.96. The fourth-order valence-corrected chi connectivity index (χ4v) is 7.17. The van der Waals surface area contributed by atoms with E-state index in [1.807, 2.05) is 49.9 Å². The number of methoxy groups -OCH3 is 1. The maximum absolute atomic E-state index is 12.4. The van der Waals surface area contributed by atoms with E-state index in [2.05, 4.69) is 4.99 Å². The zero-order valence-corrected chi connectivity index (χ0v) is 17.8. The number of amides is 1. The Balaban J connectivity index is 1.79. The largest absolute Gasteiger partial charge is 0.497 e. The number of thioether (sulfide) groups is 1. The maximum Gasteiger partial charge on any atom is 0.253 e. The highest BCUT2D eigenvalue weighted by molar-refractivity contribution is 8.15. The second-order valence-corrected chi connectivity index (χ2v) is 11.4. The van der Waals surface area contributed by atoms with Crippen molar-refractivity contribution < 1.29 is 17.9 Å². The van der Waals surface area contributed by atoms with E-state index in [1.165, 1.54) is 11.8 Å². The van der Waals surface area contributed by atoms with Gasteiger partial charge in [0.25, 0.3) is 5.91 Å². The normalized spacial score (nSPS) is 25.6. The molecule has 27 heavy (non-hydrogen) atoms. The van der Waals surface area contributed by atoms with Gasteiger partial charge in [-0.15, -0.1) is 0 Å². The number of aliphatic imine (C=N–C) groups is 1. The predicted octanol–water partition coefficient (Wildman–Crippen LogP) is 2.38. The van der Waals surface area contributed by atoms with E-state index < -0.39 is 15.3 Å². The Bertz CT molecular complexity index is 841. The number of sulfone groups is 1. The third-order valence-corrected chi connectivity index (χ3v) is 8.06. The Kier molecular flexibility index (Phi) is 5.59. The minimum absolute atomic E-state index is 0.0441. The summed E-state index contributed by atoms with van der Waals surface area (Å²) in [5.74, 6) is 0.915. The van der Waals surface area contributed by atoms with Crippen LogP contribution in [0.15, 0.2) is 29.3 Å². The van der Waals surface area contributed by atoms with Gasteiger partial charge in [0.1, 0.15) is 5.75 Å². The van der Waals surface area contributed by atoms with Gasteiger partial charge in [0.15, 0.2) is 15.0 Å². The quantitative estimate of drug-likeness (QED) is 0.759. The lowest BCUT2D eigenvalue weighted by Gasteiger charge is -2.25. The monoisotopic (exact) mass is 410 g/mol. The van der Waals surface area contributed by atoms with Crippen LogP contribution in [-0.2, 0) is 21.1 Å². The highest BCUT2D eigenvalue weighted by atomic mass is 32.2. The molecule has 0 radical (unpaired) electrons. The summed E-state index contributed by atoms with van der Waals surface area (Å²) in [6.07, 6.45) is 0.747. The van der Waals surface area contributed by atoms with Gasteiger partial charge in [0, 0.05) is 17.2 Å². The fraction of sp³-hybridized carbons (Fsp3) is 0.579. The van der Waals surface area contributed by atoms with Crippen molar-refractivity contribution in [3.8, 4) is 5.75 Å². The molecule has 2 saturated heterocycles. The molecule has 8 heteroatoms. The molecule has 0 N–H and O–H groups in total. The van der Waals surface area contributed by atoms with Crippen LogP contribution in [0.2, 0.25) is 0 Å². The number of benzene rings is 1. The zero-order valence-electron chi connectivity index (χ0n) is 16.1. The summed E-state index contributed by atoms with van der Waals surface area (Å²) in [6.45, 7) is 6.15. The first-order valence-corrected chi connectivity index (χ1v) is 11.7.